The first kappa shape index (κ1) is 19.1. The molecule has 0 unspecified atom stereocenters. The maximum Gasteiger partial charge on any atom is 0.416 e. The molecule has 5 nitrogen and oxygen atoms in total. The Morgan fingerprint density at radius 1 is 1.15 bits per heavy atom. The van der Waals surface area contributed by atoms with Crippen LogP contribution in [0.2, 0.25) is 0 Å². The van der Waals surface area contributed by atoms with Gasteiger partial charge in [-0.3, -0.25) is 19.7 Å². The van der Waals surface area contributed by atoms with Crippen molar-refractivity contribution in [1.29, 1.82) is 0 Å². The van der Waals surface area contributed by atoms with Gasteiger partial charge < -0.3 is 4.74 Å². The Morgan fingerprint density at radius 3 is 2.56 bits per heavy atom. The van der Waals surface area contributed by atoms with Crippen LogP contribution >= 0.6 is 11.3 Å². The summed E-state index contributed by atoms with van der Waals surface area (Å²) in [6.45, 7) is -0.667. The van der Waals surface area contributed by atoms with Crippen molar-refractivity contribution >= 4 is 29.1 Å². The number of thiophene rings is 1. The number of imide groups is 1. The molecule has 1 aromatic carbocycles. The van der Waals surface area contributed by atoms with Crippen molar-refractivity contribution in [2.45, 2.75) is 18.5 Å². The molecule has 1 saturated carbocycles. The lowest BCUT2D eigenvalue weighted by molar-refractivity contribution is -0.149. The van der Waals surface area contributed by atoms with Crippen molar-refractivity contribution in [2.75, 3.05) is 6.61 Å². The molecule has 3 rings (SSSR count). The number of benzene rings is 1. The molecule has 1 aromatic heterocycles. The average molecular weight is 397 g/mol. The molecule has 142 valence electrons. The van der Waals surface area contributed by atoms with Gasteiger partial charge in [-0.15, -0.1) is 11.3 Å². The molecule has 1 aliphatic carbocycles. The van der Waals surface area contributed by atoms with Crippen LogP contribution in [0.3, 0.4) is 0 Å². The first-order chi connectivity index (χ1) is 12.8. The van der Waals surface area contributed by atoms with E-state index in [-0.39, 0.29) is 12.0 Å². The highest BCUT2D eigenvalue weighted by atomic mass is 32.1. The number of hydrogen-bond acceptors (Lipinski definition) is 5. The van der Waals surface area contributed by atoms with E-state index in [1.165, 1.54) is 24.3 Å². The van der Waals surface area contributed by atoms with Gasteiger partial charge >= 0.3 is 12.1 Å². The fraction of sp³-hybridized carbons (Fsp3) is 0.278. The van der Waals surface area contributed by atoms with E-state index in [1.807, 2.05) is 0 Å². The number of amides is 2. The van der Waals surface area contributed by atoms with Gasteiger partial charge in [0.25, 0.3) is 11.8 Å². The van der Waals surface area contributed by atoms with Crippen LogP contribution < -0.4 is 5.32 Å². The van der Waals surface area contributed by atoms with E-state index in [0.29, 0.717) is 4.88 Å². The highest BCUT2D eigenvalue weighted by molar-refractivity contribution is 7.12. The molecular weight excluding hydrogens is 383 g/mol. The first-order valence-electron chi connectivity index (χ1n) is 7.98. The van der Waals surface area contributed by atoms with Crippen LogP contribution in [0, 0.1) is 5.92 Å². The number of halogens is 3. The predicted molar refractivity (Wildman–Crippen MR) is 90.0 cm³/mol. The number of carbonyl (C=O) groups excluding carboxylic acids is 3. The highest BCUT2D eigenvalue weighted by Crippen LogP contribution is 2.51. The second-order valence-electron chi connectivity index (χ2n) is 6.00. The van der Waals surface area contributed by atoms with E-state index >= 15 is 0 Å². The summed E-state index contributed by atoms with van der Waals surface area (Å²) in [7, 11) is 0. The summed E-state index contributed by atoms with van der Waals surface area (Å²) < 4.78 is 44.0. The summed E-state index contributed by atoms with van der Waals surface area (Å²) in [5.41, 5.74) is -0.728. The third-order valence-corrected chi connectivity index (χ3v) is 4.97. The molecular formula is C18H14F3NO4S. The smallest absolute Gasteiger partial charge is 0.416 e. The molecule has 2 atom stereocenters. The summed E-state index contributed by atoms with van der Waals surface area (Å²) in [4.78, 5) is 35.7. The van der Waals surface area contributed by atoms with Gasteiger partial charge in [0.1, 0.15) is 0 Å². The lowest BCUT2D eigenvalue weighted by Crippen LogP contribution is -2.33. The van der Waals surface area contributed by atoms with E-state index in [2.05, 4.69) is 5.32 Å². The van der Waals surface area contributed by atoms with Gasteiger partial charge in [-0.2, -0.15) is 13.2 Å². The van der Waals surface area contributed by atoms with Crippen molar-refractivity contribution < 1.29 is 32.3 Å². The predicted octanol–water partition coefficient (Wildman–Crippen LogP) is 3.37. The van der Waals surface area contributed by atoms with E-state index in [0.717, 1.165) is 17.4 Å². The second kappa shape index (κ2) is 7.51. The largest absolute Gasteiger partial charge is 0.455 e. The van der Waals surface area contributed by atoms with Crippen LogP contribution in [-0.4, -0.2) is 24.4 Å². The van der Waals surface area contributed by atoms with Gasteiger partial charge in [-0.1, -0.05) is 24.3 Å². The number of rotatable bonds is 5. The fourth-order valence-electron chi connectivity index (χ4n) is 2.75. The van der Waals surface area contributed by atoms with Crippen molar-refractivity contribution in [3.63, 3.8) is 0 Å². The molecule has 1 aliphatic rings. The molecule has 0 radical (unpaired) electrons. The summed E-state index contributed by atoms with van der Waals surface area (Å²) in [6.07, 6.45) is -4.28. The Balaban J connectivity index is 1.52. The standard InChI is InChI=1S/C18H14F3NO4S/c19-18(20,21)13-5-2-1-4-10(13)11-8-12(11)17(25)26-9-15(23)22-16(24)14-6-3-7-27-14/h1-7,11-12H,8-9H2,(H,22,23,24)/t11-,12-/m0/s1. The third-order valence-electron chi connectivity index (χ3n) is 4.10. The van der Waals surface area contributed by atoms with Gasteiger partial charge in [0, 0.05) is 0 Å². The minimum Gasteiger partial charge on any atom is -0.455 e. The number of hydrogen-bond donors (Lipinski definition) is 1. The maximum atomic E-state index is 13.1. The molecule has 27 heavy (non-hydrogen) atoms. The second-order valence-corrected chi connectivity index (χ2v) is 6.94. The molecule has 0 saturated heterocycles. The van der Waals surface area contributed by atoms with E-state index in [4.69, 9.17) is 4.74 Å². The highest BCUT2D eigenvalue weighted by Gasteiger charge is 2.48. The van der Waals surface area contributed by atoms with Crippen LogP contribution in [-0.2, 0) is 20.5 Å². The molecule has 2 aromatic rings. The van der Waals surface area contributed by atoms with Crippen molar-refractivity contribution in [3.8, 4) is 0 Å². The lowest BCUT2D eigenvalue weighted by Gasteiger charge is -2.12. The van der Waals surface area contributed by atoms with Gasteiger partial charge in [-0.25, -0.2) is 0 Å². The zero-order valence-corrected chi connectivity index (χ0v) is 14.6. The van der Waals surface area contributed by atoms with Gasteiger partial charge in [-0.05, 0) is 35.4 Å². The molecule has 0 spiro atoms. The average Bonchev–Trinajstić information content (AvgIpc) is 3.22. The van der Waals surface area contributed by atoms with Crippen LogP contribution in [0.1, 0.15) is 33.1 Å². The van der Waals surface area contributed by atoms with E-state index in [1.54, 1.807) is 11.4 Å². The van der Waals surface area contributed by atoms with Crippen LogP contribution in [0.4, 0.5) is 13.2 Å². The molecule has 1 heterocycles. The molecule has 0 bridgehead atoms. The van der Waals surface area contributed by atoms with Crippen LogP contribution in [0.25, 0.3) is 0 Å². The Bertz CT molecular complexity index is 864. The SMILES string of the molecule is O=C(COC(=O)[C@H]1C[C@H]1c1ccccc1C(F)(F)F)NC(=O)c1cccs1. The normalized spacial score (nSPS) is 18.6. The van der Waals surface area contributed by atoms with Gasteiger partial charge in [0.2, 0.25) is 0 Å². The number of alkyl halides is 3. The number of nitrogens with one attached hydrogen (secondary N) is 1. The lowest BCUT2D eigenvalue weighted by atomic mass is 10.0. The monoisotopic (exact) mass is 397 g/mol. The number of carbonyl (C=O) groups is 3. The molecule has 1 N–H and O–H groups in total. The van der Waals surface area contributed by atoms with Crippen LogP contribution in [0.5, 0.6) is 0 Å². The summed E-state index contributed by atoms with van der Waals surface area (Å²) in [6, 6.07) is 8.26. The van der Waals surface area contributed by atoms with E-state index < -0.39 is 48.0 Å². The summed E-state index contributed by atoms with van der Waals surface area (Å²) in [5.74, 6) is -3.47. The zero-order valence-electron chi connectivity index (χ0n) is 13.8. The van der Waals surface area contributed by atoms with Gasteiger partial charge in [0.05, 0.1) is 16.4 Å². The minimum atomic E-state index is -4.50. The molecule has 9 heteroatoms. The zero-order chi connectivity index (χ0) is 19.6. The van der Waals surface area contributed by atoms with Crippen LogP contribution in [0.15, 0.2) is 41.8 Å². The molecule has 0 aliphatic heterocycles. The Labute approximate surface area is 156 Å². The summed E-state index contributed by atoms with van der Waals surface area (Å²) >= 11 is 1.15. The quantitative estimate of drug-likeness (QED) is 0.786. The number of ether oxygens (including phenoxy) is 1. The van der Waals surface area contributed by atoms with Crippen molar-refractivity contribution in [1.82, 2.24) is 5.32 Å². The van der Waals surface area contributed by atoms with E-state index in [9.17, 15) is 27.6 Å². The Kier molecular flexibility index (Phi) is 5.31. The fourth-order valence-corrected chi connectivity index (χ4v) is 3.37. The first-order valence-corrected chi connectivity index (χ1v) is 8.86. The Hall–Kier alpha value is -2.68. The number of esters is 1. The Morgan fingerprint density at radius 2 is 1.89 bits per heavy atom. The van der Waals surface area contributed by atoms with Crippen molar-refractivity contribution in [2.24, 2.45) is 5.92 Å². The topological polar surface area (TPSA) is 72.5 Å². The van der Waals surface area contributed by atoms with Crippen molar-refractivity contribution in [3.05, 3.63) is 57.8 Å². The molecule has 2 amide bonds. The van der Waals surface area contributed by atoms with Gasteiger partial charge in [0.15, 0.2) is 6.61 Å². The summed E-state index contributed by atoms with van der Waals surface area (Å²) in [5, 5.41) is 3.75. The molecule has 1 fully saturated rings. The maximum absolute atomic E-state index is 13.1. The minimum absolute atomic E-state index is 0.0456. The third kappa shape index (κ3) is 4.54.